The van der Waals surface area contributed by atoms with Crippen LogP contribution in [0.5, 0.6) is 0 Å². The third-order valence-electron chi connectivity index (χ3n) is 4.90. The van der Waals surface area contributed by atoms with E-state index < -0.39 is 45.8 Å². The zero-order valence-electron chi connectivity index (χ0n) is 19.9. The first-order valence-corrected chi connectivity index (χ1v) is 13.5. The zero-order valence-corrected chi connectivity index (χ0v) is 23.0. The molecule has 35 heavy (non-hydrogen) atoms. The van der Waals surface area contributed by atoms with Crippen molar-refractivity contribution in [3.05, 3.63) is 62.8 Å². The van der Waals surface area contributed by atoms with E-state index >= 15 is 0 Å². The third-order valence-corrected chi connectivity index (χ3v) is 7.05. The lowest BCUT2D eigenvalue weighted by Gasteiger charge is -2.33. The van der Waals surface area contributed by atoms with Gasteiger partial charge >= 0.3 is 0 Å². The minimum Gasteiger partial charge on any atom is -0.350 e. The van der Waals surface area contributed by atoms with Gasteiger partial charge in [0.15, 0.2) is 0 Å². The Balaban J connectivity index is 2.49. The molecule has 2 aromatic carbocycles. The number of amides is 2. The lowest BCUT2D eigenvalue weighted by atomic mass is 10.1. The molecule has 192 valence electrons. The van der Waals surface area contributed by atoms with Gasteiger partial charge in [-0.3, -0.25) is 13.9 Å². The second-order valence-corrected chi connectivity index (χ2v) is 12.1. The number of nitrogens with one attached hydrogen (secondary N) is 1. The molecule has 0 bridgehead atoms. The number of anilines is 1. The molecule has 0 heterocycles. The summed E-state index contributed by atoms with van der Waals surface area (Å²) in [4.78, 5) is 27.5. The predicted octanol–water partition coefficient (Wildman–Crippen LogP) is 4.88. The summed E-state index contributed by atoms with van der Waals surface area (Å²) in [5.74, 6) is -1.81. The largest absolute Gasteiger partial charge is 0.350 e. The van der Waals surface area contributed by atoms with Crippen LogP contribution in [0.1, 0.15) is 33.3 Å². The minimum atomic E-state index is -4.03. The van der Waals surface area contributed by atoms with Crippen LogP contribution in [0.15, 0.2) is 36.4 Å². The third kappa shape index (κ3) is 7.96. The molecule has 0 aromatic heterocycles. The van der Waals surface area contributed by atoms with Crippen molar-refractivity contribution in [3.8, 4) is 0 Å². The molecular formula is C23H27Cl3FN3O4S. The van der Waals surface area contributed by atoms with E-state index in [1.54, 1.807) is 26.8 Å². The number of carbonyl (C=O) groups excluding carboxylic acids is 2. The Morgan fingerprint density at radius 3 is 2.17 bits per heavy atom. The summed E-state index contributed by atoms with van der Waals surface area (Å²) >= 11 is 18.2. The molecule has 2 rings (SSSR count). The first kappa shape index (κ1) is 29.2. The van der Waals surface area contributed by atoms with Crippen molar-refractivity contribution in [3.63, 3.8) is 0 Å². The molecule has 1 atom stereocenters. The number of benzene rings is 2. The van der Waals surface area contributed by atoms with Gasteiger partial charge in [-0.05, 0) is 45.9 Å². The first-order chi connectivity index (χ1) is 16.0. The fourth-order valence-electron chi connectivity index (χ4n) is 3.16. The molecule has 0 unspecified atom stereocenters. The topological polar surface area (TPSA) is 86.8 Å². The number of halogens is 4. The summed E-state index contributed by atoms with van der Waals surface area (Å²) in [6.07, 6.45) is 0.899. The number of carbonyl (C=O) groups is 2. The number of hydrogen-bond acceptors (Lipinski definition) is 4. The van der Waals surface area contributed by atoms with Crippen LogP contribution in [0.2, 0.25) is 15.1 Å². The van der Waals surface area contributed by atoms with Crippen molar-refractivity contribution < 1.29 is 22.4 Å². The van der Waals surface area contributed by atoms with E-state index in [0.717, 1.165) is 15.5 Å². The maximum atomic E-state index is 14.4. The van der Waals surface area contributed by atoms with Crippen molar-refractivity contribution >= 4 is 62.3 Å². The van der Waals surface area contributed by atoms with Gasteiger partial charge in [0.05, 0.1) is 27.0 Å². The fourth-order valence-corrected chi connectivity index (χ4v) is 4.71. The molecule has 0 aliphatic rings. The molecule has 0 spiro atoms. The van der Waals surface area contributed by atoms with Crippen LogP contribution >= 0.6 is 34.8 Å². The van der Waals surface area contributed by atoms with Crippen LogP contribution in [0.25, 0.3) is 0 Å². The summed E-state index contributed by atoms with van der Waals surface area (Å²) in [5, 5.41) is 2.88. The van der Waals surface area contributed by atoms with Gasteiger partial charge in [-0.1, -0.05) is 53.0 Å². The standard InChI is InChI=1S/C23H27Cl3FN3O4S/c1-14(22(32)28-23(2,3)4)29(12-15-8-6-7-9-19(15)27)21(31)13-30(35(5,33)34)20-11-17(25)16(24)10-18(20)26/h6-11,14H,12-13H2,1-5H3,(H,28,32)/t14-/m0/s1. The van der Waals surface area contributed by atoms with Crippen LogP contribution in [0.4, 0.5) is 10.1 Å². The van der Waals surface area contributed by atoms with Crippen molar-refractivity contribution in [2.24, 2.45) is 0 Å². The molecule has 0 aliphatic carbocycles. The Morgan fingerprint density at radius 1 is 1.06 bits per heavy atom. The second-order valence-electron chi connectivity index (χ2n) is 9.02. The minimum absolute atomic E-state index is 0.0355. The fraction of sp³-hybridized carbons (Fsp3) is 0.391. The van der Waals surface area contributed by atoms with Crippen LogP contribution in [0, 0.1) is 5.82 Å². The Morgan fingerprint density at radius 2 is 1.63 bits per heavy atom. The van der Waals surface area contributed by atoms with Gasteiger partial charge in [0.2, 0.25) is 21.8 Å². The molecule has 7 nitrogen and oxygen atoms in total. The molecule has 2 amide bonds. The Labute approximate surface area is 220 Å². The number of nitrogens with zero attached hydrogens (tertiary/aromatic N) is 2. The maximum Gasteiger partial charge on any atom is 0.244 e. The van der Waals surface area contributed by atoms with E-state index in [4.69, 9.17) is 34.8 Å². The summed E-state index contributed by atoms with van der Waals surface area (Å²) in [6.45, 7) is 5.83. The average molecular weight is 567 g/mol. The second kappa shape index (κ2) is 11.3. The van der Waals surface area contributed by atoms with Crippen molar-refractivity contribution in [2.75, 3.05) is 17.1 Å². The molecule has 1 N–H and O–H groups in total. The zero-order chi connectivity index (χ0) is 26.7. The van der Waals surface area contributed by atoms with Crippen LogP contribution in [-0.4, -0.2) is 49.5 Å². The Hall–Kier alpha value is -2.07. The van der Waals surface area contributed by atoms with E-state index in [-0.39, 0.29) is 32.9 Å². The summed E-state index contributed by atoms with van der Waals surface area (Å²) in [5.41, 5.74) is -0.492. The lowest BCUT2D eigenvalue weighted by Crippen LogP contribution is -2.54. The van der Waals surface area contributed by atoms with E-state index in [1.807, 2.05) is 0 Å². The van der Waals surface area contributed by atoms with Gasteiger partial charge in [0, 0.05) is 17.6 Å². The summed E-state index contributed by atoms with van der Waals surface area (Å²) < 4.78 is 40.4. The van der Waals surface area contributed by atoms with Crippen LogP contribution in [-0.2, 0) is 26.2 Å². The van der Waals surface area contributed by atoms with Gasteiger partial charge in [0.1, 0.15) is 18.4 Å². The van der Waals surface area contributed by atoms with Gasteiger partial charge < -0.3 is 10.2 Å². The Bertz CT molecular complexity index is 1220. The quantitative estimate of drug-likeness (QED) is 0.461. The van der Waals surface area contributed by atoms with Crippen LogP contribution < -0.4 is 9.62 Å². The molecule has 0 saturated carbocycles. The van der Waals surface area contributed by atoms with Gasteiger partial charge in [-0.25, -0.2) is 12.8 Å². The lowest BCUT2D eigenvalue weighted by molar-refractivity contribution is -0.140. The molecule has 0 saturated heterocycles. The number of sulfonamides is 1. The molecule has 12 heteroatoms. The maximum absolute atomic E-state index is 14.4. The molecule has 0 radical (unpaired) electrons. The van der Waals surface area contributed by atoms with Crippen molar-refractivity contribution in [1.29, 1.82) is 0 Å². The van der Waals surface area contributed by atoms with Gasteiger partial charge in [-0.15, -0.1) is 0 Å². The van der Waals surface area contributed by atoms with E-state index in [2.05, 4.69) is 5.32 Å². The van der Waals surface area contributed by atoms with E-state index in [0.29, 0.717) is 0 Å². The highest BCUT2D eigenvalue weighted by Gasteiger charge is 2.32. The summed E-state index contributed by atoms with van der Waals surface area (Å²) in [6, 6.07) is 7.26. The predicted molar refractivity (Wildman–Crippen MR) is 138 cm³/mol. The van der Waals surface area contributed by atoms with E-state index in [9.17, 15) is 22.4 Å². The highest BCUT2D eigenvalue weighted by Crippen LogP contribution is 2.35. The Kier molecular flexibility index (Phi) is 9.44. The number of hydrogen-bond donors (Lipinski definition) is 1. The van der Waals surface area contributed by atoms with Gasteiger partial charge in [0.25, 0.3) is 0 Å². The van der Waals surface area contributed by atoms with Crippen molar-refractivity contribution in [1.82, 2.24) is 10.2 Å². The van der Waals surface area contributed by atoms with Crippen molar-refractivity contribution in [2.45, 2.75) is 45.8 Å². The SMILES string of the molecule is C[C@@H](C(=O)NC(C)(C)C)N(Cc1ccccc1F)C(=O)CN(c1cc(Cl)c(Cl)cc1Cl)S(C)(=O)=O. The normalized spacial score (nSPS) is 12.7. The molecule has 0 aliphatic heterocycles. The van der Waals surface area contributed by atoms with Crippen LogP contribution in [0.3, 0.4) is 0 Å². The summed E-state index contributed by atoms with van der Waals surface area (Å²) in [7, 11) is -4.03. The van der Waals surface area contributed by atoms with E-state index in [1.165, 1.54) is 37.3 Å². The highest BCUT2D eigenvalue weighted by atomic mass is 35.5. The molecular weight excluding hydrogens is 540 g/mol. The molecule has 0 fully saturated rings. The monoisotopic (exact) mass is 565 g/mol. The van der Waals surface area contributed by atoms with Gasteiger partial charge in [-0.2, -0.15) is 0 Å². The smallest absolute Gasteiger partial charge is 0.244 e. The molecule has 2 aromatic rings. The number of rotatable bonds is 8. The highest BCUT2D eigenvalue weighted by molar-refractivity contribution is 7.92. The average Bonchev–Trinajstić information content (AvgIpc) is 2.71. The first-order valence-electron chi connectivity index (χ1n) is 10.5.